The number of ether oxygens (including phenoxy) is 1. The Morgan fingerprint density at radius 1 is 1.57 bits per heavy atom. The topological polar surface area (TPSA) is 29.5 Å². The van der Waals surface area contributed by atoms with Crippen molar-refractivity contribution in [1.29, 1.82) is 0 Å². The molecule has 0 N–H and O–H groups in total. The van der Waals surface area contributed by atoms with Crippen LogP contribution in [-0.4, -0.2) is 42.4 Å². The molecule has 2 rings (SSSR count). The first kappa shape index (κ1) is 10.3. The zero-order valence-corrected chi connectivity index (χ0v) is 9.21. The summed E-state index contributed by atoms with van der Waals surface area (Å²) in [5.74, 6) is 1.54. The summed E-state index contributed by atoms with van der Waals surface area (Å²) in [6.07, 6.45) is 3.21. The van der Waals surface area contributed by atoms with Gasteiger partial charge in [0.25, 0.3) is 0 Å². The van der Waals surface area contributed by atoms with Crippen molar-refractivity contribution in [3.05, 3.63) is 0 Å². The van der Waals surface area contributed by atoms with Crippen LogP contribution in [0.2, 0.25) is 0 Å². The Labute approximate surface area is 90.2 Å². The third-order valence-electron chi connectivity index (χ3n) is 3.00. The minimum absolute atomic E-state index is 0.277. The lowest BCUT2D eigenvalue weighted by molar-refractivity contribution is -0.129. The molecule has 14 heavy (non-hydrogen) atoms. The normalized spacial score (nSPS) is 32.9. The summed E-state index contributed by atoms with van der Waals surface area (Å²) in [6, 6.07) is 0. The van der Waals surface area contributed by atoms with Crippen LogP contribution in [0.5, 0.6) is 0 Å². The number of hydrogen-bond acceptors (Lipinski definition) is 3. The minimum Gasteiger partial charge on any atom is -0.376 e. The lowest BCUT2D eigenvalue weighted by Gasteiger charge is -2.20. The maximum atomic E-state index is 11.6. The summed E-state index contributed by atoms with van der Waals surface area (Å²) >= 11 is 4.24. The van der Waals surface area contributed by atoms with Crippen molar-refractivity contribution >= 4 is 18.5 Å². The van der Waals surface area contributed by atoms with Gasteiger partial charge in [-0.2, -0.15) is 12.6 Å². The lowest BCUT2D eigenvalue weighted by Crippen LogP contribution is -2.33. The summed E-state index contributed by atoms with van der Waals surface area (Å²) in [5, 5.41) is 0. The Morgan fingerprint density at radius 2 is 2.43 bits per heavy atom. The predicted octanol–water partition coefficient (Wildman–Crippen LogP) is 0.944. The Bertz CT molecular complexity index is 216. The molecule has 2 aliphatic heterocycles. The molecule has 0 radical (unpaired) electrons. The highest BCUT2D eigenvalue weighted by molar-refractivity contribution is 7.80. The fourth-order valence-corrected chi connectivity index (χ4v) is 2.43. The second-order valence-corrected chi connectivity index (χ2v) is 4.55. The van der Waals surface area contributed by atoms with Gasteiger partial charge in [0.2, 0.25) is 5.91 Å². The molecule has 0 aromatic carbocycles. The lowest BCUT2D eigenvalue weighted by atomic mass is 10.1. The highest BCUT2D eigenvalue weighted by atomic mass is 32.1. The molecule has 0 aromatic heterocycles. The smallest absolute Gasteiger partial charge is 0.223 e. The first-order valence-electron chi connectivity index (χ1n) is 5.30. The van der Waals surface area contributed by atoms with Crippen LogP contribution < -0.4 is 0 Å². The standard InChI is InChI=1S/C10H17NO2S/c12-10-4-8(7-14)5-11(10)6-9-2-1-3-13-9/h8-9,14H,1-7H2. The predicted molar refractivity (Wildman–Crippen MR) is 57.5 cm³/mol. The zero-order chi connectivity index (χ0) is 9.97. The van der Waals surface area contributed by atoms with Crippen LogP contribution in [0.15, 0.2) is 0 Å². The van der Waals surface area contributed by atoms with Crippen LogP contribution in [0, 0.1) is 5.92 Å². The molecule has 4 heteroatoms. The van der Waals surface area contributed by atoms with Gasteiger partial charge < -0.3 is 9.64 Å². The number of amides is 1. The molecule has 2 atom stereocenters. The molecule has 2 aliphatic rings. The van der Waals surface area contributed by atoms with Crippen molar-refractivity contribution < 1.29 is 9.53 Å². The SMILES string of the molecule is O=C1CC(CS)CN1CC1CCCO1. The second kappa shape index (κ2) is 4.53. The van der Waals surface area contributed by atoms with Gasteiger partial charge in [-0.25, -0.2) is 0 Å². The van der Waals surface area contributed by atoms with E-state index in [2.05, 4.69) is 12.6 Å². The fraction of sp³-hybridized carbons (Fsp3) is 0.900. The highest BCUT2D eigenvalue weighted by Gasteiger charge is 2.31. The van der Waals surface area contributed by atoms with Gasteiger partial charge in [0.1, 0.15) is 0 Å². The fourth-order valence-electron chi connectivity index (χ4n) is 2.19. The Morgan fingerprint density at radius 3 is 3.00 bits per heavy atom. The highest BCUT2D eigenvalue weighted by Crippen LogP contribution is 2.21. The van der Waals surface area contributed by atoms with E-state index in [9.17, 15) is 4.79 Å². The number of carbonyl (C=O) groups is 1. The van der Waals surface area contributed by atoms with Gasteiger partial charge in [-0.3, -0.25) is 4.79 Å². The molecule has 3 nitrogen and oxygen atoms in total. The van der Waals surface area contributed by atoms with E-state index in [1.807, 2.05) is 4.90 Å². The van der Waals surface area contributed by atoms with E-state index in [0.29, 0.717) is 12.3 Å². The Kier molecular flexibility index (Phi) is 3.34. The van der Waals surface area contributed by atoms with E-state index in [-0.39, 0.29) is 12.0 Å². The molecule has 2 unspecified atom stereocenters. The molecule has 0 saturated carbocycles. The minimum atomic E-state index is 0.277. The van der Waals surface area contributed by atoms with Crippen LogP contribution in [0.3, 0.4) is 0 Å². The number of nitrogens with zero attached hydrogens (tertiary/aromatic N) is 1. The van der Waals surface area contributed by atoms with E-state index in [1.165, 1.54) is 0 Å². The van der Waals surface area contributed by atoms with Crippen LogP contribution in [-0.2, 0) is 9.53 Å². The van der Waals surface area contributed by atoms with Crippen molar-refractivity contribution in [2.75, 3.05) is 25.4 Å². The number of carbonyl (C=O) groups excluding carboxylic acids is 1. The molecular weight excluding hydrogens is 198 g/mol. The van der Waals surface area contributed by atoms with E-state index in [4.69, 9.17) is 4.74 Å². The van der Waals surface area contributed by atoms with Crippen molar-refractivity contribution in [1.82, 2.24) is 4.90 Å². The number of likely N-dealkylation sites (tertiary alicyclic amines) is 1. The van der Waals surface area contributed by atoms with Gasteiger partial charge in [0.05, 0.1) is 6.10 Å². The molecule has 0 aliphatic carbocycles. The van der Waals surface area contributed by atoms with Crippen LogP contribution >= 0.6 is 12.6 Å². The summed E-state index contributed by atoms with van der Waals surface area (Å²) in [7, 11) is 0. The number of rotatable bonds is 3. The summed E-state index contributed by atoms with van der Waals surface area (Å²) in [4.78, 5) is 13.5. The van der Waals surface area contributed by atoms with E-state index in [1.54, 1.807) is 0 Å². The molecular formula is C10H17NO2S. The maximum Gasteiger partial charge on any atom is 0.223 e. The summed E-state index contributed by atoms with van der Waals surface area (Å²) in [5.41, 5.74) is 0. The third kappa shape index (κ3) is 2.23. The average Bonchev–Trinajstić information content (AvgIpc) is 2.78. The Hall–Kier alpha value is -0.220. The first-order chi connectivity index (χ1) is 6.79. The Balaban J connectivity index is 1.82. The van der Waals surface area contributed by atoms with E-state index >= 15 is 0 Å². The van der Waals surface area contributed by atoms with Crippen molar-refractivity contribution in [3.8, 4) is 0 Å². The molecule has 0 spiro atoms. The molecule has 0 bridgehead atoms. The van der Waals surface area contributed by atoms with E-state index < -0.39 is 0 Å². The average molecular weight is 215 g/mol. The quantitative estimate of drug-likeness (QED) is 0.710. The van der Waals surface area contributed by atoms with Gasteiger partial charge in [-0.15, -0.1) is 0 Å². The molecule has 2 heterocycles. The van der Waals surface area contributed by atoms with Gasteiger partial charge in [0, 0.05) is 26.1 Å². The number of hydrogen-bond donors (Lipinski definition) is 1. The molecule has 80 valence electrons. The van der Waals surface area contributed by atoms with Crippen LogP contribution in [0.4, 0.5) is 0 Å². The largest absolute Gasteiger partial charge is 0.376 e. The van der Waals surface area contributed by atoms with Crippen molar-refractivity contribution in [2.45, 2.75) is 25.4 Å². The van der Waals surface area contributed by atoms with Crippen molar-refractivity contribution in [2.24, 2.45) is 5.92 Å². The van der Waals surface area contributed by atoms with Gasteiger partial charge in [0.15, 0.2) is 0 Å². The summed E-state index contributed by atoms with van der Waals surface area (Å²) in [6.45, 7) is 2.54. The zero-order valence-electron chi connectivity index (χ0n) is 8.32. The van der Waals surface area contributed by atoms with Crippen LogP contribution in [0.25, 0.3) is 0 Å². The molecule has 1 amide bonds. The van der Waals surface area contributed by atoms with Crippen molar-refractivity contribution in [3.63, 3.8) is 0 Å². The van der Waals surface area contributed by atoms with Gasteiger partial charge in [-0.05, 0) is 24.5 Å². The molecule has 0 aromatic rings. The second-order valence-electron chi connectivity index (χ2n) is 4.19. The number of thiol groups is 1. The van der Waals surface area contributed by atoms with Gasteiger partial charge in [-0.1, -0.05) is 0 Å². The van der Waals surface area contributed by atoms with Crippen LogP contribution in [0.1, 0.15) is 19.3 Å². The third-order valence-corrected chi connectivity index (χ3v) is 3.52. The maximum absolute atomic E-state index is 11.6. The summed E-state index contributed by atoms with van der Waals surface area (Å²) < 4.78 is 5.52. The molecule has 2 fully saturated rings. The van der Waals surface area contributed by atoms with Gasteiger partial charge >= 0.3 is 0 Å². The molecule has 2 saturated heterocycles. The monoisotopic (exact) mass is 215 g/mol. The first-order valence-corrected chi connectivity index (χ1v) is 5.93. The van der Waals surface area contributed by atoms with E-state index in [0.717, 1.165) is 38.3 Å².